The van der Waals surface area contributed by atoms with Crippen molar-refractivity contribution in [3.8, 4) is 0 Å². The molecule has 114 valence electrons. The molecule has 1 aromatic rings. The summed E-state index contributed by atoms with van der Waals surface area (Å²) in [5.74, 6) is 0.376. The molecule has 0 radical (unpaired) electrons. The molecular formula is C15H17F3N2O. The van der Waals surface area contributed by atoms with Crippen LogP contribution in [-0.4, -0.2) is 22.9 Å². The fraction of sp³-hybridized carbons (Fsp3) is 0.533. The SMILES string of the molecule is CC1NC(c2cccc(C(F)(F)F)c2)N(C2CC2C)C1=O. The zero-order valence-electron chi connectivity index (χ0n) is 11.8. The first kappa shape index (κ1) is 14.4. The van der Waals surface area contributed by atoms with Crippen LogP contribution in [0.3, 0.4) is 0 Å². The van der Waals surface area contributed by atoms with E-state index in [9.17, 15) is 18.0 Å². The molecule has 4 atom stereocenters. The normalized spacial score (nSPS) is 32.6. The Labute approximate surface area is 121 Å². The van der Waals surface area contributed by atoms with Gasteiger partial charge in [0.05, 0.1) is 11.6 Å². The van der Waals surface area contributed by atoms with Crippen molar-refractivity contribution in [3.63, 3.8) is 0 Å². The largest absolute Gasteiger partial charge is 0.416 e. The summed E-state index contributed by atoms with van der Waals surface area (Å²) in [5, 5.41) is 3.10. The number of amides is 1. The second kappa shape index (κ2) is 4.73. The molecule has 1 aliphatic carbocycles. The standard InChI is InChI=1S/C15H17F3N2O/c1-8-6-12(8)20-13(19-9(2)14(20)21)10-4-3-5-11(7-10)15(16,17)18/h3-5,7-9,12-13,19H,6H2,1-2H3. The molecule has 1 aliphatic heterocycles. The van der Waals surface area contributed by atoms with Crippen LogP contribution in [0.4, 0.5) is 13.2 Å². The molecule has 3 nitrogen and oxygen atoms in total. The fourth-order valence-electron chi connectivity index (χ4n) is 2.93. The number of benzene rings is 1. The number of halogens is 3. The molecule has 1 N–H and O–H groups in total. The van der Waals surface area contributed by atoms with Gasteiger partial charge in [0.2, 0.25) is 5.91 Å². The van der Waals surface area contributed by atoms with E-state index in [4.69, 9.17) is 0 Å². The lowest BCUT2D eigenvalue weighted by atomic mass is 10.1. The number of hydrogen-bond donors (Lipinski definition) is 1. The molecule has 0 spiro atoms. The lowest BCUT2D eigenvalue weighted by molar-refractivity contribution is -0.137. The second-order valence-corrected chi connectivity index (χ2v) is 5.94. The monoisotopic (exact) mass is 298 g/mol. The number of carbonyl (C=O) groups excluding carboxylic acids is 1. The summed E-state index contributed by atoms with van der Waals surface area (Å²) < 4.78 is 38.5. The Bertz CT molecular complexity index is 572. The quantitative estimate of drug-likeness (QED) is 0.910. The first-order valence-corrected chi connectivity index (χ1v) is 7.04. The van der Waals surface area contributed by atoms with Crippen LogP contribution in [0.5, 0.6) is 0 Å². The summed E-state index contributed by atoms with van der Waals surface area (Å²) in [4.78, 5) is 14.0. The van der Waals surface area contributed by atoms with E-state index >= 15 is 0 Å². The average molecular weight is 298 g/mol. The van der Waals surface area contributed by atoms with Crippen molar-refractivity contribution in [2.24, 2.45) is 5.92 Å². The van der Waals surface area contributed by atoms with Crippen LogP contribution in [0, 0.1) is 5.92 Å². The van der Waals surface area contributed by atoms with E-state index in [1.165, 1.54) is 6.07 Å². The van der Waals surface area contributed by atoms with Crippen LogP contribution >= 0.6 is 0 Å². The van der Waals surface area contributed by atoms with Crippen molar-refractivity contribution in [1.82, 2.24) is 10.2 Å². The van der Waals surface area contributed by atoms with Gasteiger partial charge in [0, 0.05) is 6.04 Å². The van der Waals surface area contributed by atoms with Crippen LogP contribution in [0.25, 0.3) is 0 Å². The van der Waals surface area contributed by atoms with Crippen molar-refractivity contribution in [2.75, 3.05) is 0 Å². The Hall–Kier alpha value is -1.56. The van der Waals surface area contributed by atoms with Gasteiger partial charge in [-0.15, -0.1) is 0 Å². The van der Waals surface area contributed by atoms with E-state index < -0.39 is 17.9 Å². The third-order valence-electron chi connectivity index (χ3n) is 4.26. The van der Waals surface area contributed by atoms with E-state index in [0.29, 0.717) is 11.5 Å². The van der Waals surface area contributed by atoms with E-state index in [-0.39, 0.29) is 18.0 Å². The Morgan fingerprint density at radius 3 is 2.52 bits per heavy atom. The Morgan fingerprint density at radius 1 is 1.29 bits per heavy atom. The lowest BCUT2D eigenvalue weighted by Crippen LogP contribution is -2.33. The minimum atomic E-state index is -4.37. The number of nitrogens with one attached hydrogen (secondary N) is 1. The predicted molar refractivity (Wildman–Crippen MR) is 71.2 cm³/mol. The second-order valence-electron chi connectivity index (χ2n) is 5.94. The summed E-state index contributed by atoms with van der Waals surface area (Å²) in [6.45, 7) is 3.79. The van der Waals surface area contributed by atoms with Crippen LogP contribution in [-0.2, 0) is 11.0 Å². The first-order valence-electron chi connectivity index (χ1n) is 7.04. The third kappa shape index (κ3) is 2.52. The summed E-state index contributed by atoms with van der Waals surface area (Å²) in [5.41, 5.74) is -0.195. The molecule has 4 unspecified atom stereocenters. The highest BCUT2D eigenvalue weighted by molar-refractivity contribution is 5.84. The van der Waals surface area contributed by atoms with E-state index in [0.717, 1.165) is 18.6 Å². The highest BCUT2D eigenvalue weighted by Gasteiger charge is 2.49. The highest BCUT2D eigenvalue weighted by Crippen LogP contribution is 2.42. The van der Waals surface area contributed by atoms with Crippen LogP contribution < -0.4 is 5.32 Å². The van der Waals surface area contributed by atoms with Crippen molar-refractivity contribution in [2.45, 2.75) is 44.7 Å². The van der Waals surface area contributed by atoms with Crippen LogP contribution in [0.1, 0.15) is 37.6 Å². The number of carbonyl (C=O) groups is 1. The van der Waals surface area contributed by atoms with E-state index in [2.05, 4.69) is 5.32 Å². The maximum Gasteiger partial charge on any atom is 0.416 e. The van der Waals surface area contributed by atoms with Crippen LogP contribution in [0.2, 0.25) is 0 Å². The van der Waals surface area contributed by atoms with Gasteiger partial charge >= 0.3 is 6.18 Å². The summed E-state index contributed by atoms with van der Waals surface area (Å²) in [7, 11) is 0. The average Bonchev–Trinajstić information content (AvgIpc) is 3.05. The molecule has 2 fully saturated rings. The Morgan fingerprint density at radius 2 is 1.95 bits per heavy atom. The minimum Gasteiger partial charge on any atom is -0.318 e. The minimum absolute atomic E-state index is 0.0354. The van der Waals surface area contributed by atoms with E-state index in [1.807, 2.05) is 6.92 Å². The van der Waals surface area contributed by atoms with Crippen molar-refractivity contribution in [1.29, 1.82) is 0 Å². The zero-order chi connectivity index (χ0) is 15.4. The molecule has 2 aliphatic rings. The summed E-state index contributed by atoms with van der Waals surface area (Å²) in [6, 6.07) is 4.98. The smallest absolute Gasteiger partial charge is 0.318 e. The number of hydrogen-bond acceptors (Lipinski definition) is 2. The summed E-state index contributed by atoms with van der Waals surface area (Å²) in [6.07, 6.45) is -3.93. The molecule has 1 amide bonds. The molecular weight excluding hydrogens is 281 g/mol. The van der Waals surface area contributed by atoms with Gasteiger partial charge in [0.25, 0.3) is 0 Å². The van der Waals surface area contributed by atoms with Gasteiger partial charge in [-0.1, -0.05) is 19.1 Å². The summed E-state index contributed by atoms with van der Waals surface area (Å²) >= 11 is 0. The van der Waals surface area contributed by atoms with Gasteiger partial charge in [-0.2, -0.15) is 13.2 Å². The van der Waals surface area contributed by atoms with E-state index in [1.54, 1.807) is 17.9 Å². The molecule has 6 heteroatoms. The van der Waals surface area contributed by atoms with Gasteiger partial charge in [-0.05, 0) is 37.0 Å². The molecule has 1 heterocycles. The third-order valence-corrected chi connectivity index (χ3v) is 4.26. The van der Waals surface area contributed by atoms with Gasteiger partial charge in [-0.25, -0.2) is 0 Å². The Kier molecular flexibility index (Phi) is 3.24. The molecule has 21 heavy (non-hydrogen) atoms. The topological polar surface area (TPSA) is 32.3 Å². The maximum absolute atomic E-state index is 12.8. The zero-order valence-corrected chi connectivity index (χ0v) is 11.8. The predicted octanol–water partition coefficient (Wildman–Crippen LogP) is 2.93. The first-order chi connectivity index (χ1) is 9.79. The fourth-order valence-corrected chi connectivity index (χ4v) is 2.93. The number of alkyl halides is 3. The molecule has 0 bridgehead atoms. The Balaban J connectivity index is 1.93. The van der Waals surface area contributed by atoms with Crippen molar-refractivity contribution < 1.29 is 18.0 Å². The van der Waals surface area contributed by atoms with Gasteiger partial charge in [0.1, 0.15) is 6.17 Å². The maximum atomic E-state index is 12.8. The number of rotatable bonds is 2. The van der Waals surface area contributed by atoms with Gasteiger partial charge in [0.15, 0.2) is 0 Å². The molecule has 0 aromatic heterocycles. The number of nitrogens with zero attached hydrogens (tertiary/aromatic N) is 1. The molecule has 1 saturated carbocycles. The van der Waals surface area contributed by atoms with Gasteiger partial charge < -0.3 is 4.90 Å². The van der Waals surface area contributed by atoms with Crippen LogP contribution in [0.15, 0.2) is 24.3 Å². The molecule has 3 rings (SSSR count). The van der Waals surface area contributed by atoms with Crippen molar-refractivity contribution >= 4 is 5.91 Å². The van der Waals surface area contributed by atoms with Crippen molar-refractivity contribution in [3.05, 3.63) is 35.4 Å². The molecule has 1 saturated heterocycles. The van der Waals surface area contributed by atoms with Gasteiger partial charge in [-0.3, -0.25) is 10.1 Å². The highest BCUT2D eigenvalue weighted by atomic mass is 19.4. The molecule has 1 aromatic carbocycles. The lowest BCUT2D eigenvalue weighted by Gasteiger charge is -2.25.